The summed E-state index contributed by atoms with van der Waals surface area (Å²) in [6.45, 7) is 66.1. The first kappa shape index (κ1) is 97.1. The second kappa shape index (κ2) is 42.0. The standard InChI is InChI=1S/6C15H12BClN2O3/c1-8-4-11-10(7-21-16(11)20)5-14(8)22-15-12(17)6-13(18-3)9(2)19-15;1-8-4-11-10(7-21-16(11)20)5-13(8)22-14-6-12(17)15(18-3)9(2)19-14;1-8-4-11(5-10-7-21-16(20)14(8)10)22-13-6-12(17)15(18-3)9(2)19-13;1-8-4-11(5-10-7-21-16(20)14(8)10)22-15-12(17)6-13(18-3)9(2)19-15;1-8-10-7-21-16(20)11(10)4-5-14(8)22-15-12(17)6-13(18-3)9(2)19-15;1-8-10-7-21-16(20)11(10)4-5-13(8)22-14-6-12(17)15(18-3)9(2)19-14/h6*4-6,20H,7H2,1-2H3. The summed E-state index contributed by atoms with van der Waals surface area (Å²) in [5, 5.41) is 60.1. The van der Waals surface area contributed by atoms with Gasteiger partial charge < -0.3 is 86.5 Å². The molecule has 12 aromatic rings. The molecule has 12 heterocycles. The van der Waals surface area contributed by atoms with Crippen LogP contribution < -0.4 is 61.2 Å². The van der Waals surface area contributed by atoms with Gasteiger partial charge in [-0.25, -0.2) is 59.0 Å². The Morgan fingerprint density at radius 2 is 0.598 bits per heavy atom. The van der Waals surface area contributed by atoms with E-state index in [1.165, 1.54) is 18.2 Å². The quantitative estimate of drug-likeness (QED) is 0.0489. The molecule has 6 aliphatic heterocycles. The Morgan fingerprint density at radius 1 is 0.288 bits per heavy atom. The molecule has 6 aromatic carbocycles. The van der Waals surface area contributed by atoms with Crippen molar-refractivity contribution in [3.8, 4) is 69.8 Å². The van der Waals surface area contributed by atoms with E-state index < -0.39 is 42.7 Å². The van der Waals surface area contributed by atoms with E-state index in [1.807, 2.05) is 77.9 Å². The van der Waals surface area contributed by atoms with Gasteiger partial charge in [-0.2, -0.15) is 0 Å². The van der Waals surface area contributed by atoms with Crippen molar-refractivity contribution in [1.82, 2.24) is 29.9 Å². The van der Waals surface area contributed by atoms with E-state index in [4.69, 9.17) is 165 Å². The van der Waals surface area contributed by atoms with E-state index in [-0.39, 0.29) is 32.7 Å². The lowest BCUT2D eigenvalue weighted by atomic mass is 9.76. The summed E-state index contributed by atoms with van der Waals surface area (Å²) in [4.78, 5) is 45.5. The van der Waals surface area contributed by atoms with E-state index in [2.05, 4.69) is 59.0 Å². The number of hydrogen-bond acceptors (Lipinski definition) is 24. The Hall–Kier alpha value is -12.4. The summed E-state index contributed by atoms with van der Waals surface area (Å²) in [5.74, 6) is 5.36. The minimum Gasteiger partial charge on any atom is -0.439 e. The fourth-order valence-corrected chi connectivity index (χ4v) is 15.9. The zero-order valence-electron chi connectivity index (χ0n) is 72.3. The molecule has 6 aliphatic rings. The molecule has 6 N–H and O–H groups in total. The predicted molar refractivity (Wildman–Crippen MR) is 503 cm³/mol. The molecule has 30 nitrogen and oxygen atoms in total. The summed E-state index contributed by atoms with van der Waals surface area (Å²) in [6.07, 6.45) is 0. The lowest BCUT2D eigenvalue weighted by Gasteiger charge is -2.13. The molecule has 132 heavy (non-hydrogen) atoms. The van der Waals surface area contributed by atoms with Gasteiger partial charge >= 0.3 is 42.7 Å². The fourth-order valence-electron chi connectivity index (χ4n) is 14.5. The van der Waals surface area contributed by atoms with Crippen molar-refractivity contribution in [2.45, 2.75) is 123 Å². The van der Waals surface area contributed by atoms with Gasteiger partial charge in [0.1, 0.15) is 34.5 Å². The minimum absolute atomic E-state index is 0.255. The van der Waals surface area contributed by atoms with Crippen LogP contribution in [0.25, 0.3) is 29.1 Å². The minimum atomic E-state index is -0.885. The summed E-state index contributed by atoms with van der Waals surface area (Å²) >= 11 is 36.6. The van der Waals surface area contributed by atoms with Crippen molar-refractivity contribution < 1.29 is 86.5 Å². The van der Waals surface area contributed by atoms with Gasteiger partial charge in [0.25, 0.3) is 0 Å². The number of hydrogen-bond donors (Lipinski definition) is 6. The van der Waals surface area contributed by atoms with E-state index in [0.717, 1.165) is 99.5 Å². The second-order valence-electron chi connectivity index (χ2n) is 30.3. The molecule has 0 aliphatic carbocycles. The molecule has 660 valence electrons. The Labute approximate surface area is 791 Å². The van der Waals surface area contributed by atoms with Crippen LogP contribution in [0.1, 0.15) is 101 Å². The van der Waals surface area contributed by atoms with Crippen LogP contribution >= 0.6 is 69.6 Å². The second-order valence-corrected chi connectivity index (χ2v) is 32.7. The lowest BCUT2D eigenvalue weighted by molar-refractivity contribution is 0.274. The van der Waals surface area contributed by atoms with E-state index >= 15 is 0 Å². The molecular formula is C90H72B6Cl6N12O18. The van der Waals surface area contributed by atoms with Crippen LogP contribution in [0.3, 0.4) is 0 Å². The summed E-state index contributed by atoms with van der Waals surface area (Å²) < 4.78 is 65.9. The van der Waals surface area contributed by atoms with Crippen LogP contribution in [0.15, 0.2) is 109 Å². The molecule has 42 heteroatoms. The van der Waals surface area contributed by atoms with Crippen molar-refractivity contribution in [2.75, 3.05) is 0 Å². The van der Waals surface area contributed by atoms with Gasteiger partial charge in [0, 0.05) is 52.4 Å². The molecule has 0 unspecified atom stereocenters. The monoisotopic (exact) mass is 1880 g/mol. The number of aromatic nitrogens is 6. The summed E-state index contributed by atoms with van der Waals surface area (Å²) in [7, 11) is -5.29. The molecular weight excluding hydrogens is 1810 g/mol. The Bertz CT molecular complexity index is 6710. The Morgan fingerprint density at radius 3 is 0.970 bits per heavy atom. The number of benzene rings is 6. The molecule has 6 aromatic heterocycles. The lowest BCUT2D eigenvalue weighted by Crippen LogP contribution is -2.30. The topological polar surface area (TPSA) is 336 Å². The smallest absolute Gasteiger partial charge is 0.439 e. The van der Waals surface area contributed by atoms with E-state index in [9.17, 15) is 30.1 Å². The molecule has 0 radical (unpaired) electrons. The molecule has 18 rings (SSSR count). The average Bonchev–Trinajstić information content (AvgIpc) is 1.64. The first-order valence-corrected chi connectivity index (χ1v) is 42.2. The van der Waals surface area contributed by atoms with Crippen LogP contribution in [0.4, 0.5) is 34.1 Å². The highest BCUT2D eigenvalue weighted by molar-refractivity contribution is 6.64. The Kier molecular flexibility index (Phi) is 30.9. The highest BCUT2D eigenvalue weighted by Crippen LogP contribution is 2.42. The first-order valence-electron chi connectivity index (χ1n) is 39.9. The largest absolute Gasteiger partial charge is 0.492 e. The molecule has 0 fully saturated rings. The van der Waals surface area contributed by atoms with Gasteiger partial charge in [0.15, 0.2) is 0 Å². The van der Waals surface area contributed by atoms with Crippen molar-refractivity contribution in [1.29, 1.82) is 0 Å². The molecule has 0 bridgehead atoms. The number of pyridine rings is 6. The van der Waals surface area contributed by atoms with E-state index in [1.54, 1.807) is 96.1 Å². The number of halogens is 6. The summed E-state index contributed by atoms with van der Waals surface area (Å²) in [6, 6.07) is 30.8. The van der Waals surface area contributed by atoms with Crippen LogP contribution in [0.5, 0.6) is 69.8 Å². The third-order valence-electron chi connectivity index (χ3n) is 21.4. The maximum absolute atomic E-state index is 9.76. The van der Waals surface area contributed by atoms with Gasteiger partial charge in [-0.15, -0.1) is 0 Å². The van der Waals surface area contributed by atoms with Gasteiger partial charge in [-0.3, -0.25) is 0 Å². The maximum Gasteiger partial charge on any atom is 0.492 e. The fraction of sp³-hybridized carbons (Fsp3) is 0.200. The van der Waals surface area contributed by atoms with Crippen molar-refractivity contribution >= 4 is 179 Å². The SMILES string of the molecule is [C-]#[N+]c1c(Cl)cc(Oc2cc(C)c3c(c2)COB3O)nc1C.[C-]#[N+]c1c(Cl)cc(Oc2cc3c(cc2C)B(O)OC3)nc1C.[C-]#[N+]c1c(Cl)cc(Oc2ccc3c(c2C)COB3O)nc1C.[C-]#[N+]c1cc(Cl)c(Oc2cc(C)c3c(c2)COB3O)nc1C.[C-]#[N+]c1cc(Cl)c(Oc2cc3c(cc2C)B(O)OC3)nc1C.[C-]#[N+]c1cc(Cl)c(Oc2ccc3c(c2C)COB3O)nc1C. The predicted octanol–water partition coefficient (Wildman–Crippen LogP) is 17.5. The normalized spacial score (nSPS) is 13.0. The number of fused-ring (bicyclic) bond motifs is 6. The highest BCUT2D eigenvalue weighted by atomic mass is 35.5. The van der Waals surface area contributed by atoms with E-state index in [0.29, 0.717) is 175 Å². The zero-order valence-corrected chi connectivity index (χ0v) is 76.9. The zero-order chi connectivity index (χ0) is 95.1. The first-order chi connectivity index (χ1) is 63.0. The maximum atomic E-state index is 9.76. The van der Waals surface area contributed by atoms with Gasteiger partial charge in [-0.1, -0.05) is 93.9 Å². The Balaban J connectivity index is 0.000000135. The number of nitrogens with zero attached hydrogens (tertiary/aromatic N) is 12. The highest BCUT2D eigenvalue weighted by Gasteiger charge is 2.36. The average molecular weight is 1890 g/mol. The molecule has 0 spiro atoms. The van der Waals surface area contributed by atoms with Gasteiger partial charge in [-0.05, 0) is 249 Å². The third kappa shape index (κ3) is 21.7. The number of rotatable bonds is 12. The van der Waals surface area contributed by atoms with Crippen molar-refractivity contribution in [3.63, 3.8) is 0 Å². The molecule has 0 saturated carbocycles. The van der Waals surface area contributed by atoms with Crippen LogP contribution in [-0.2, 0) is 67.6 Å². The van der Waals surface area contributed by atoms with Gasteiger partial charge in [0.2, 0.25) is 69.4 Å². The molecule has 0 saturated heterocycles. The van der Waals surface area contributed by atoms with Gasteiger partial charge in [0.05, 0.1) is 109 Å². The van der Waals surface area contributed by atoms with Crippen LogP contribution in [-0.4, -0.2) is 103 Å². The molecule has 0 amide bonds. The number of ether oxygens (including phenoxy) is 6. The van der Waals surface area contributed by atoms with Crippen molar-refractivity contribution in [3.05, 3.63) is 309 Å². The van der Waals surface area contributed by atoms with Crippen molar-refractivity contribution in [2.24, 2.45) is 0 Å². The molecule has 0 atom stereocenters. The third-order valence-corrected chi connectivity index (χ3v) is 23.1. The summed E-state index contributed by atoms with van der Waals surface area (Å²) in [5.41, 5.74) is 20.6. The van der Waals surface area contributed by atoms with Crippen LogP contribution in [0, 0.1) is 123 Å². The number of aryl methyl sites for hydroxylation is 10. The van der Waals surface area contributed by atoms with Crippen LogP contribution in [0.2, 0.25) is 30.1 Å².